The number of fused-ring (bicyclic) bond motifs is 1. The van der Waals surface area contributed by atoms with Gasteiger partial charge in [-0.15, -0.1) is 0 Å². The van der Waals surface area contributed by atoms with Crippen LogP contribution in [0.4, 0.5) is 5.69 Å². The summed E-state index contributed by atoms with van der Waals surface area (Å²) in [6.45, 7) is 3.54. The van der Waals surface area contributed by atoms with E-state index in [1.54, 1.807) is 17.9 Å². The SMILES string of the molecule is C[C@H](OC(=O)c1cccc(O)c1)C(=O)N1c2ccccc2C[C@H]1C. The summed E-state index contributed by atoms with van der Waals surface area (Å²) >= 11 is 0. The third kappa shape index (κ3) is 2.97. The van der Waals surface area contributed by atoms with Gasteiger partial charge in [-0.25, -0.2) is 4.79 Å². The van der Waals surface area contributed by atoms with Gasteiger partial charge in [-0.3, -0.25) is 4.79 Å². The first-order chi connectivity index (χ1) is 11.5. The Morgan fingerprint density at radius 1 is 1.21 bits per heavy atom. The van der Waals surface area contributed by atoms with Crippen molar-refractivity contribution in [3.63, 3.8) is 0 Å². The van der Waals surface area contributed by atoms with E-state index in [1.165, 1.54) is 18.2 Å². The number of anilines is 1. The molecule has 3 rings (SSSR count). The molecule has 1 aliphatic heterocycles. The summed E-state index contributed by atoms with van der Waals surface area (Å²) in [6, 6.07) is 13.6. The summed E-state index contributed by atoms with van der Waals surface area (Å²) in [5.41, 5.74) is 2.20. The lowest BCUT2D eigenvalue weighted by atomic mass is 10.1. The lowest BCUT2D eigenvalue weighted by molar-refractivity contribution is -0.126. The molecule has 0 radical (unpaired) electrons. The van der Waals surface area contributed by atoms with Gasteiger partial charge in [-0.1, -0.05) is 24.3 Å². The van der Waals surface area contributed by atoms with Crippen molar-refractivity contribution >= 4 is 17.6 Å². The van der Waals surface area contributed by atoms with E-state index in [-0.39, 0.29) is 23.3 Å². The van der Waals surface area contributed by atoms with Crippen LogP contribution in [-0.2, 0) is 16.0 Å². The third-order valence-electron chi connectivity index (χ3n) is 4.16. The summed E-state index contributed by atoms with van der Waals surface area (Å²) in [4.78, 5) is 26.6. The maximum atomic E-state index is 12.8. The zero-order valence-corrected chi connectivity index (χ0v) is 13.6. The molecule has 1 heterocycles. The molecule has 2 aromatic rings. The van der Waals surface area contributed by atoms with E-state index in [0.29, 0.717) is 0 Å². The van der Waals surface area contributed by atoms with Gasteiger partial charge < -0.3 is 14.7 Å². The van der Waals surface area contributed by atoms with Gasteiger partial charge in [-0.05, 0) is 50.1 Å². The van der Waals surface area contributed by atoms with E-state index in [0.717, 1.165) is 17.7 Å². The molecule has 2 atom stereocenters. The number of phenolic OH excluding ortho intramolecular Hbond substituents is 1. The molecule has 1 aliphatic rings. The number of esters is 1. The molecule has 0 aliphatic carbocycles. The smallest absolute Gasteiger partial charge is 0.339 e. The number of benzene rings is 2. The molecule has 0 bridgehead atoms. The Morgan fingerprint density at radius 2 is 1.96 bits per heavy atom. The minimum absolute atomic E-state index is 0.0227. The number of phenols is 1. The van der Waals surface area contributed by atoms with E-state index in [9.17, 15) is 14.7 Å². The molecule has 124 valence electrons. The Kier molecular flexibility index (Phi) is 4.25. The number of hydrogen-bond acceptors (Lipinski definition) is 4. The number of rotatable bonds is 3. The van der Waals surface area contributed by atoms with Crippen LogP contribution in [0.5, 0.6) is 5.75 Å². The fourth-order valence-electron chi connectivity index (χ4n) is 3.01. The monoisotopic (exact) mass is 325 g/mol. The molecule has 0 unspecified atom stereocenters. The Labute approximate surface area is 140 Å². The van der Waals surface area contributed by atoms with Crippen LogP contribution in [-0.4, -0.2) is 29.1 Å². The number of amides is 1. The summed E-state index contributed by atoms with van der Waals surface area (Å²) in [5, 5.41) is 9.44. The maximum absolute atomic E-state index is 12.8. The molecular formula is C19H19NO4. The van der Waals surface area contributed by atoms with E-state index in [1.807, 2.05) is 31.2 Å². The highest BCUT2D eigenvalue weighted by Gasteiger charge is 2.34. The fourth-order valence-corrected chi connectivity index (χ4v) is 3.01. The highest BCUT2D eigenvalue weighted by Crippen LogP contribution is 2.32. The Bertz CT molecular complexity index is 786. The van der Waals surface area contributed by atoms with Gasteiger partial charge >= 0.3 is 5.97 Å². The molecule has 0 fully saturated rings. The lowest BCUT2D eigenvalue weighted by Crippen LogP contribution is -2.43. The highest BCUT2D eigenvalue weighted by molar-refractivity contribution is 6.01. The first-order valence-electron chi connectivity index (χ1n) is 7.88. The van der Waals surface area contributed by atoms with E-state index >= 15 is 0 Å². The van der Waals surface area contributed by atoms with Crippen LogP contribution >= 0.6 is 0 Å². The highest BCUT2D eigenvalue weighted by atomic mass is 16.5. The molecule has 0 aromatic heterocycles. The van der Waals surface area contributed by atoms with Gasteiger partial charge in [0, 0.05) is 11.7 Å². The van der Waals surface area contributed by atoms with E-state index in [2.05, 4.69) is 0 Å². The van der Waals surface area contributed by atoms with Crippen LogP contribution in [0.3, 0.4) is 0 Å². The maximum Gasteiger partial charge on any atom is 0.339 e. The summed E-state index contributed by atoms with van der Waals surface area (Å²) in [5.74, 6) is -0.904. The van der Waals surface area contributed by atoms with Crippen molar-refractivity contribution in [3.05, 3.63) is 59.7 Å². The van der Waals surface area contributed by atoms with Crippen molar-refractivity contribution in [2.24, 2.45) is 0 Å². The van der Waals surface area contributed by atoms with Crippen LogP contribution < -0.4 is 4.90 Å². The number of carbonyl (C=O) groups excluding carboxylic acids is 2. The molecule has 2 aromatic carbocycles. The van der Waals surface area contributed by atoms with Gasteiger partial charge in [0.05, 0.1) is 5.56 Å². The van der Waals surface area contributed by atoms with Crippen molar-refractivity contribution in [3.8, 4) is 5.75 Å². The summed E-state index contributed by atoms with van der Waals surface area (Å²) < 4.78 is 5.29. The predicted octanol–water partition coefficient (Wildman–Crippen LogP) is 2.92. The second kappa shape index (κ2) is 6.35. The second-order valence-corrected chi connectivity index (χ2v) is 5.99. The molecule has 0 saturated heterocycles. The second-order valence-electron chi connectivity index (χ2n) is 5.99. The Balaban J connectivity index is 1.75. The van der Waals surface area contributed by atoms with Crippen molar-refractivity contribution in [2.75, 3.05) is 4.90 Å². The minimum atomic E-state index is -0.909. The average molecular weight is 325 g/mol. The van der Waals surface area contributed by atoms with Crippen LogP contribution in [0.25, 0.3) is 0 Å². The largest absolute Gasteiger partial charge is 0.508 e. The van der Waals surface area contributed by atoms with Crippen LogP contribution in [0.2, 0.25) is 0 Å². The number of hydrogen-bond donors (Lipinski definition) is 1. The zero-order valence-electron chi connectivity index (χ0n) is 13.6. The Hall–Kier alpha value is -2.82. The average Bonchev–Trinajstić information content (AvgIpc) is 2.89. The first-order valence-corrected chi connectivity index (χ1v) is 7.88. The molecular weight excluding hydrogens is 306 g/mol. The van der Waals surface area contributed by atoms with Gasteiger partial charge in [0.15, 0.2) is 6.10 Å². The molecule has 1 N–H and O–H groups in total. The number of para-hydroxylation sites is 1. The standard InChI is InChI=1S/C19H19NO4/c1-12-10-14-6-3-4-9-17(14)20(12)18(22)13(2)24-19(23)15-7-5-8-16(21)11-15/h3-9,11-13,21H,10H2,1-2H3/t12-,13+/m1/s1. The van der Waals surface area contributed by atoms with Crippen molar-refractivity contribution in [1.82, 2.24) is 0 Å². The molecule has 5 heteroatoms. The van der Waals surface area contributed by atoms with Gasteiger partial charge in [0.2, 0.25) is 0 Å². The quantitative estimate of drug-likeness (QED) is 0.881. The fraction of sp³-hybridized carbons (Fsp3) is 0.263. The van der Waals surface area contributed by atoms with Gasteiger partial charge in [0.25, 0.3) is 5.91 Å². The van der Waals surface area contributed by atoms with E-state index < -0.39 is 12.1 Å². The van der Waals surface area contributed by atoms with Crippen molar-refractivity contribution < 1.29 is 19.4 Å². The number of nitrogens with zero attached hydrogens (tertiary/aromatic N) is 1. The normalized spacial score (nSPS) is 17.2. The lowest BCUT2D eigenvalue weighted by Gasteiger charge is -2.25. The van der Waals surface area contributed by atoms with Gasteiger partial charge in [0.1, 0.15) is 5.75 Å². The molecule has 1 amide bonds. The minimum Gasteiger partial charge on any atom is -0.508 e. The predicted molar refractivity (Wildman–Crippen MR) is 90.1 cm³/mol. The van der Waals surface area contributed by atoms with E-state index in [4.69, 9.17) is 4.74 Å². The first kappa shape index (κ1) is 16.1. The van der Waals surface area contributed by atoms with Crippen molar-refractivity contribution in [1.29, 1.82) is 0 Å². The number of aromatic hydroxyl groups is 1. The van der Waals surface area contributed by atoms with Crippen LogP contribution in [0.1, 0.15) is 29.8 Å². The number of ether oxygens (including phenoxy) is 1. The summed E-state index contributed by atoms with van der Waals surface area (Å²) in [7, 11) is 0. The molecule has 24 heavy (non-hydrogen) atoms. The third-order valence-corrected chi connectivity index (χ3v) is 4.16. The van der Waals surface area contributed by atoms with Crippen LogP contribution in [0, 0.1) is 0 Å². The topological polar surface area (TPSA) is 66.8 Å². The van der Waals surface area contributed by atoms with Gasteiger partial charge in [-0.2, -0.15) is 0 Å². The molecule has 0 saturated carbocycles. The zero-order chi connectivity index (χ0) is 17.3. The van der Waals surface area contributed by atoms with Crippen LogP contribution in [0.15, 0.2) is 48.5 Å². The number of carbonyl (C=O) groups is 2. The van der Waals surface area contributed by atoms with Crippen molar-refractivity contribution in [2.45, 2.75) is 32.4 Å². The Morgan fingerprint density at radius 3 is 2.71 bits per heavy atom. The summed E-state index contributed by atoms with van der Waals surface area (Å²) in [6.07, 6.45) is -0.122. The molecule has 5 nitrogen and oxygen atoms in total. The molecule has 0 spiro atoms.